The van der Waals surface area contributed by atoms with Crippen molar-refractivity contribution >= 4 is 11.6 Å². The van der Waals surface area contributed by atoms with E-state index in [-0.39, 0.29) is 0 Å². The molecule has 1 aliphatic carbocycles. The van der Waals surface area contributed by atoms with Gasteiger partial charge < -0.3 is 0 Å². The van der Waals surface area contributed by atoms with Crippen molar-refractivity contribution in [2.45, 2.75) is 0 Å². The molecule has 1 aliphatic rings. The minimum atomic E-state index is -2.39. The Balaban J connectivity index is 2.96. The van der Waals surface area contributed by atoms with Crippen LogP contribution in [-0.2, 0) is 0 Å². The molecule has 0 saturated carbocycles. The van der Waals surface area contributed by atoms with Crippen LogP contribution in [0.2, 0.25) is 0 Å². The molecular weight excluding hydrogens is 266 g/mol. The maximum atomic E-state index is 13.2. The van der Waals surface area contributed by atoms with E-state index in [1.807, 2.05) is 0 Å². The van der Waals surface area contributed by atoms with Gasteiger partial charge in [0.1, 0.15) is 0 Å². The maximum Gasteiger partial charge on any atom is 0.228 e. The predicted octanol–water partition coefficient (Wildman–Crippen LogP) is 2.77. The van der Waals surface area contributed by atoms with E-state index in [2.05, 4.69) is 0 Å². The molecule has 2 rings (SSSR count). The van der Waals surface area contributed by atoms with Gasteiger partial charge in [-0.3, -0.25) is 9.59 Å². The summed E-state index contributed by atoms with van der Waals surface area (Å²) in [4.78, 5) is 22.2. The fraction of sp³-hybridized carbons (Fsp3) is 0. The lowest BCUT2D eigenvalue weighted by Gasteiger charge is -2.14. The van der Waals surface area contributed by atoms with E-state index in [0.717, 1.165) is 0 Å². The summed E-state index contributed by atoms with van der Waals surface area (Å²) in [5, 5.41) is 0. The number of ketones is 2. The standard InChI is InChI=1S/C10F6O2/c11-3-1-2(4(12)6(14)5(3)13)10(18)8(16)7(15)9(1)17. The quantitative estimate of drug-likeness (QED) is 0.411. The number of halogens is 6. The smallest absolute Gasteiger partial charge is 0.228 e. The van der Waals surface area contributed by atoms with E-state index in [4.69, 9.17) is 0 Å². The van der Waals surface area contributed by atoms with Gasteiger partial charge in [-0.2, -0.15) is 8.78 Å². The summed E-state index contributed by atoms with van der Waals surface area (Å²) >= 11 is 0. The molecule has 1 aromatic rings. The van der Waals surface area contributed by atoms with Gasteiger partial charge in [-0.15, -0.1) is 0 Å². The Morgan fingerprint density at radius 1 is 0.500 bits per heavy atom. The van der Waals surface area contributed by atoms with E-state index in [9.17, 15) is 35.9 Å². The molecule has 0 aromatic heterocycles. The van der Waals surface area contributed by atoms with E-state index in [1.165, 1.54) is 0 Å². The van der Waals surface area contributed by atoms with Gasteiger partial charge >= 0.3 is 0 Å². The second-order valence-corrected chi connectivity index (χ2v) is 3.29. The molecule has 0 radical (unpaired) electrons. The average Bonchev–Trinajstić information content (AvgIpc) is 2.35. The van der Waals surface area contributed by atoms with Crippen molar-refractivity contribution in [1.82, 2.24) is 0 Å². The summed E-state index contributed by atoms with van der Waals surface area (Å²) in [6.45, 7) is 0. The van der Waals surface area contributed by atoms with Crippen LogP contribution in [0.3, 0.4) is 0 Å². The molecule has 0 bridgehead atoms. The van der Waals surface area contributed by atoms with Crippen LogP contribution in [-0.4, -0.2) is 11.6 Å². The first-order chi connectivity index (χ1) is 8.29. The van der Waals surface area contributed by atoms with Gasteiger partial charge in [-0.1, -0.05) is 0 Å². The first kappa shape index (κ1) is 12.3. The van der Waals surface area contributed by atoms with Crippen LogP contribution in [0.1, 0.15) is 20.7 Å². The molecule has 0 heterocycles. The summed E-state index contributed by atoms with van der Waals surface area (Å²) < 4.78 is 77.7. The molecule has 94 valence electrons. The van der Waals surface area contributed by atoms with Crippen molar-refractivity contribution < 1.29 is 35.9 Å². The Labute approximate surface area is 94.5 Å². The van der Waals surface area contributed by atoms with Gasteiger partial charge in [0.2, 0.25) is 23.2 Å². The highest BCUT2D eigenvalue weighted by atomic mass is 19.2. The van der Waals surface area contributed by atoms with Gasteiger partial charge in [0, 0.05) is 0 Å². The number of Topliss-reactive ketones (excluding diaryl/α,β-unsaturated/α-hetero) is 2. The highest BCUT2D eigenvalue weighted by Gasteiger charge is 2.41. The summed E-state index contributed by atoms with van der Waals surface area (Å²) in [5.41, 5.74) is -3.31. The van der Waals surface area contributed by atoms with Crippen LogP contribution >= 0.6 is 0 Å². The fourth-order valence-electron chi connectivity index (χ4n) is 1.48. The van der Waals surface area contributed by atoms with Crippen LogP contribution in [0.4, 0.5) is 26.3 Å². The number of benzene rings is 1. The third kappa shape index (κ3) is 1.31. The van der Waals surface area contributed by atoms with Gasteiger partial charge in [-0.25, -0.2) is 17.6 Å². The lowest BCUT2D eigenvalue weighted by molar-refractivity contribution is 0.0922. The molecule has 18 heavy (non-hydrogen) atoms. The summed E-state index contributed by atoms with van der Waals surface area (Å²) in [6.07, 6.45) is 0. The van der Waals surface area contributed by atoms with E-state index in [0.29, 0.717) is 0 Å². The Morgan fingerprint density at radius 3 is 1.06 bits per heavy atom. The van der Waals surface area contributed by atoms with Crippen molar-refractivity contribution in [2.75, 3.05) is 0 Å². The number of carbonyl (C=O) groups excluding carboxylic acids is 2. The molecule has 0 fully saturated rings. The topological polar surface area (TPSA) is 34.1 Å². The van der Waals surface area contributed by atoms with Crippen molar-refractivity contribution in [3.8, 4) is 0 Å². The Morgan fingerprint density at radius 2 is 0.778 bits per heavy atom. The first-order valence-electron chi connectivity index (χ1n) is 4.29. The molecule has 0 unspecified atom stereocenters. The SMILES string of the molecule is O=C1C(F)=C(F)C(=O)c2c(F)c(F)c(F)c(F)c21. The van der Waals surface area contributed by atoms with Crippen molar-refractivity contribution in [3.63, 3.8) is 0 Å². The Hall–Kier alpha value is -2.12. The van der Waals surface area contributed by atoms with Crippen molar-refractivity contribution in [3.05, 3.63) is 46.0 Å². The number of hydrogen-bond donors (Lipinski definition) is 0. The number of hydrogen-bond acceptors (Lipinski definition) is 2. The maximum absolute atomic E-state index is 13.2. The number of carbonyl (C=O) groups is 2. The highest BCUT2D eigenvalue weighted by molar-refractivity contribution is 6.25. The molecule has 8 heteroatoms. The third-order valence-electron chi connectivity index (χ3n) is 2.31. The molecule has 1 aromatic carbocycles. The summed E-state index contributed by atoms with van der Waals surface area (Å²) in [6, 6.07) is 0. The molecule has 0 atom stereocenters. The second-order valence-electron chi connectivity index (χ2n) is 3.29. The molecular formula is C10F6O2. The van der Waals surface area contributed by atoms with E-state index >= 15 is 0 Å². The first-order valence-corrected chi connectivity index (χ1v) is 4.29. The molecule has 0 spiro atoms. The van der Waals surface area contributed by atoms with Crippen molar-refractivity contribution in [1.29, 1.82) is 0 Å². The summed E-state index contributed by atoms with van der Waals surface area (Å²) in [5.74, 6) is -17.9. The number of fused-ring (bicyclic) bond motifs is 1. The van der Waals surface area contributed by atoms with Crippen LogP contribution in [0, 0.1) is 23.3 Å². The zero-order valence-electron chi connectivity index (χ0n) is 8.08. The zero-order valence-corrected chi connectivity index (χ0v) is 8.08. The van der Waals surface area contributed by atoms with Crippen LogP contribution in [0.5, 0.6) is 0 Å². The fourth-order valence-corrected chi connectivity index (χ4v) is 1.48. The van der Waals surface area contributed by atoms with Gasteiger partial charge in [-0.05, 0) is 0 Å². The van der Waals surface area contributed by atoms with Gasteiger partial charge in [0.25, 0.3) is 0 Å². The number of allylic oxidation sites excluding steroid dienone is 2. The largest absolute Gasteiger partial charge is 0.286 e. The molecule has 0 N–H and O–H groups in total. The molecule has 0 aliphatic heterocycles. The Kier molecular flexibility index (Phi) is 2.53. The highest BCUT2D eigenvalue weighted by Crippen LogP contribution is 2.33. The zero-order chi connectivity index (χ0) is 13.8. The second kappa shape index (κ2) is 3.69. The molecule has 0 amide bonds. The number of rotatable bonds is 0. The van der Waals surface area contributed by atoms with Crippen molar-refractivity contribution in [2.24, 2.45) is 0 Å². The third-order valence-corrected chi connectivity index (χ3v) is 2.31. The van der Waals surface area contributed by atoms with Crippen LogP contribution < -0.4 is 0 Å². The van der Waals surface area contributed by atoms with Crippen LogP contribution in [0.15, 0.2) is 11.7 Å². The lowest BCUT2D eigenvalue weighted by Crippen LogP contribution is -2.24. The minimum absolute atomic E-state index is 1.66. The van der Waals surface area contributed by atoms with Gasteiger partial charge in [0.15, 0.2) is 23.3 Å². The molecule has 2 nitrogen and oxygen atoms in total. The Bertz CT molecular complexity index is 592. The van der Waals surface area contributed by atoms with Crippen LogP contribution in [0.25, 0.3) is 0 Å². The lowest BCUT2D eigenvalue weighted by atomic mass is 9.92. The van der Waals surface area contributed by atoms with E-state index < -0.39 is 57.6 Å². The predicted molar refractivity (Wildman–Crippen MR) is 44.2 cm³/mol. The summed E-state index contributed by atoms with van der Waals surface area (Å²) in [7, 11) is 0. The van der Waals surface area contributed by atoms with Gasteiger partial charge in [0.05, 0.1) is 11.1 Å². The average molecular weight is 266 g/mol. The monoisotopic (exact) mass is 266 g/mol. The minimum Gasteiger partial charge on any atom is -0.286 e. The van der Waals surface area contributed by atoms with E-state index in [1.54, 1.807) is 0 Å². The normalized spacial score (nSPS) is 15.2. The molecule has 0 saturated heterocycles.